The second kappa shape index (κ2) is 47.3. The minimum atomic E-state index is -0.153. The molecule has 8 aliphatic rings. The fourth-order valence-electron chi connectivity index (χ4n) is 21.4. The number of aromatic nitrogens is 11. The van der Waals surface area contributed by atoms with Gasteiger partial charge < -0.3 is 41.0 Å². The Balaban J connectivity index is 0.000000119. The zero-order chi connectivity index (χ0) is 101. The molecule has 145 heavy (non-hydrogen) atoms. The predicted octanol–water partition coefficient (Wildman–Crippen LogP) is 22.2. The Morgan fingerprint density at radius 3 is 1.12 bits per heavy atom. The van der Waals surface area contributed by atoms with Crippen LogP contribution in [0.15, 0.2) is 121 Å². The van der Waals surface area contributed by atoms with Crippen molar-refractivity contribution in [2.24, 2.45) is 0 Å². The number of benzene rings is 3. The van der Waals surface area contributed by atoms with Crippen LogP contribution in [0.25, 0.3) is 51.1 Å². The fraction of sp³-hybridized carbons (Fsp3) is 0.482. The number of hydrogen-bond donors (Lipinski definition) is 5. The van der Waals surface area contributed by atoms with Crippen LogP contribution >= 0.6 is 56.7 Å². The van der Waals surface area contributed by atoms with E-state index in [1.165, 1.54) is 134 Å². The van der Waals surface area contributed by atoms with Crippen LogP contribution in [-0.4, -0.2) is 202 Å². The minimum absolute atomic E-state index is 0.0323. The first-order valence-electron chi connectivity index (χ1n) is 51.8. The third-order valence-electron chi connectivity index (χ3n) is 29.5. The molecule has 0 radical (unpaired) electrons. The number of ketones is 3. The first kappa shape index (κ1) is 103. The second-order valence-electron chi connectivity index (χ2n) is 40.0. The molecule has 22 rings (SSSR count). The number of nitrogens with one attached hydrogen (secondary N) is 5. The van der Waals surface area contributed by atoms with Crippen LogP contribution in [0.1, 0.15) is 318 Å². The van der Waals surface area contributed by atoms with Gasteiger partial charge in [0, 0.05) is 143 Å². The molecular weight excluding hydrogens is 1920 g/mol. The third kappa shape index (κ3) is 24.5. The Morgan fingerprint density at radius 2 is 0.752 bits per heavy atom. The van der Waals surface area contributed by atoms with E-state index in [1.54, 1.807) is 119 Å². The zero-order valence-corrected chi connectivity index (χ0v) is 88.6. The normalized spacial score (nSPS) is 18.0. The smallest absolute Gasteiger partial charge is 0.323 e. The van der Waals surface area contributed by atoms with E-state index in [1.807, 2.05) is 113 Å². The van der Waals surface area contributed by atoms with Gasteiger partial charge in [0.25, 0.3) is 23.6 Å². The summed E-state index contributed by atoms with van der Waals surface area (Å²) in [5.41, 5.74) is 10.4. The summed E-state index contributed by atoms with van der Waals surface area (Å²) in [5.74, 6) is 0.604. The maximum Gasteiger partial charge on any atom is 0.323 e. The lowest BCUT2D eigenvalue weighted by Gasteiger charge is -2.38. The molecule has 0 unspecified atom stereocenters. The van der Waals surface area contributed by atoms with Crippen molar-refractivity contribution >= 4 is 178 Å². The maximum absolute atomic E-state index is 13.0. The Labute approximate surface area is 865 Å². The van der Waals surface area contributed by atoms with Crippen molar-refractivity contribution in [2.75, 3.05) is 89.3 Å². The maximum atomic E-state index is 13.0. The van der Waals surface area contributed by atoms with E-state index >= 15 is 0 Å². The Hall–Kier alpha value is -11.8. The Morgan fingerprint density at radius 1 is 0.393 bits per heavy atom. The molecule has 0 spiro atoms. The van der Waals surface area contributed by atoms with Gasteiger partial charge in [0.1, 0.15) is 30.0 Å². The highest BCUT2D eigenvalue weighted by atomic mass is 32.1. The van der Waals surface area contributed by atoms with Crippen molar-refractivity contribution in [2.45, 2.75) is 270 Å². The molecule has 30 nitrogen and oxygen atoms in total. The number of carbonyl (C=O) groups is 9. The van der Waals surface area contributed by atoms with Crippen LogP contribution in [0.4, 0.5) is 22.0 Å². The molecule has 5 aliphatic carbocycles. The van der Waals surface area contributed by atoms with Gasteiger partial charge in [0.05, 0.1) is 108 Å². The molecule has 3 aliphatic heterocycles. The molecule has 7 amide bonds. The summed E-state index contributed by atoms with van der Waals surface area (Å²) in [6.45, 7) is 18.2. The fourth-order valence-corrected chi connectivity index (χ4v) is 27.2. The molecule has 3 saturated heterocycles. The minimum Gasteiger partial charge on any atom is -0.381 e. The van der Waals surface area contributed by atoms with Crippen LogP contribution in [0.2, 0.25) is 0 Å². The van der Waals surface area contributed by atoms with E-state index in [0.717, 1.165) is 212 Å². The van der Waals surface area contributed by atoms with Gasteiger partial charge >= 0.3 is 6.03 Å². The predicted molar refractivity (Wildman–Crippen MR) is 577 cm³/mol. The van der Waals surface area contributed by atoms with Crippen LogP contribution < -0.4 is 31.5 Å². The summed E-state index contributed by atoms with van der Waals surface area (Å²) in [4.78, 5) is 130. The van der Waals surface area contributed by atoms with Crippen molar-refractivity contribution < 1.29 is 52.6 Å². The van der Waals surface area contributed by atoms with E-state index in [0.29, 0.717) is 96.1 Å². The average Bonchev–Trinajstić information content (AvgIpc) is 1.63. The Kier molecular flexibility index (Phi) is 33.7. The van der Waals surface area contributed by atoms with Crippen LogP contribution in [-0.2, 0) is 33.5 Å². The molecule has 5 N–H and O–H groups in total. The SMILES string of the molecule is CC(=O)Nc1ccc(CC(=O)c2cc3c(C)nn(C4CCCCC4)c3s2)cc1.CNC(=O)c1ccc(CC(=O)c2cc3c(C)nn(C4CCCCC4)c3s2)cc1.Cc1nn(C2CCCCC2)c2sc(C(=O)Cc3ccc(C(=O)N(C)C)cc3)cc12.Cc1nn(C2CCCCC2)c2sc(C(=O)Nc3ccc(N4CCNC4=O)nc3)cc12.Cc1nn(C2CCOCC2)c2sc(C(=O)NC3CCC(N4CCOCC4)CC3)cc12. The number of aryl methyl sites for hydroxylation is 5. The third-order valence-corrected chi connectivity index (χ3v) is 35.2. The van der Waals surface area contributed by atoms with Gasteiger partial charge in [-0.3, -0.25) is 71.6 Å². The van der Waals surface area contributed by atoms with E-state index < -0.39 is 0 Å². The number of nitrogens with zero attached hydrogens (tertiary/aromatic N) is 14. The highest BCUT2D eigenvalue weighted by Gasteiger charge is 2.34. The van der Waals surface area contributed by atoms with Crippen molar-refractivity contribution in [3.05, 3.63) is 202 Å². The number of hydrogen-bond acceptors (Lipinski definition) is 23. The summed E-state index contributed by atoms with van der Waals surface area (Å²) in [5, 5.41) is 43.7. The van der Waals surface area contributed by atoms with Gasteiger partial charge in [-0.1, -0.05) is 113 Å². The monoisotopic (exact) mass is 2060 g/mol. The first-order valence-corrected chi connectivity index (χ1v) is 55.9. The van der Waals surface area contributed by atoms with Gasteiger partial charge in [0.15, 0.2) is 17.3 Å². The van der Waals surface area contributed by atoms with Crippen molar-refractivity contribution in [3.63, 3.8) is 0 Å². The van der Waals surface area contributed by atoms with Gasteiger partial charge in [-0.15, -0.1) is 56.7 Å². The lowest BCUT2D eigenvalue weighted by Crippen LogP contribution is -2.47. The molecule has 764 valence electrons. The summed E-state index contributed by atoms with van der Waals surface area (Å²) in [7, 11) is 5.08. The lowest BCUT2D eigenvalue weighted by molar-refractivity contribution is -0.114. The molecule has 5 saturated carbocycles. The van der Waals surface area contributed by atoms with E-state index in [2.05, 4.69) is 59.9 Å². The molecule has 0 atom stereocenters. The van der Waals surface area contributed by atoms with Gasteiger partial charge in [-0.2, -0.15) is 25.5 Å². The number of ether oxygens (including phenoxy) is 2. The topological polar surface area (TPSA) is 344 Å². The number of carbonyl (C=O) groups excluding carboxylic acids is 9. The molecule has 11 aromatic heterocycles. The second-order valence-corrected chi connectivity index (χ2v) is 45.2. The molecule has 0 bridgehead atoms. The van der Waals surface area contributed by atoms with Gasteiger partial charge in [0.2, 0.25) is 5.91 Å². The van der Waals surface area contributed by atoms with Gasteiger partial charge in [-0.05, 0) is 220 Å². The zero-order valence-electron chi connectivity index (χ0n) is 84.5. The van der Waals surface area contributed by atoms with Crippen molar-refractivity contribution in [3.8, 4) is 0 Å². The molecule has 3 aromatic carbocycles. The van der Waals surface area contributed by atoms with Crippen LogP contribution in [0.3, 0.4) is 0 Å². The number of rotatable bonds is 23. The summed E-state index contributed by atoms with van der Waals surface area (Å²) in [6, 6.07) is 38.5. The molecule has 35 heteroatoms. The van der Waals surface area contributed by atoms with E-state index in [9.17, 15) is 43.2 Å². The number of thiophene rings is 5. The number of anilines is 3. The number of pyridine rings is 1. The summed E-state index contributed by atoms with van der Waals surface area (Å²) >= 11 is 7.78. The van der Waals surface area contributed by atoms with Gasteiger partial charge in [-0.25, -0.2) is 9.78 Å². The molecular formula is C110H133N19O11S5. The number of morpholine rings is 1. The van der Waals surface area contributed by atoms with E-state index in [-0.39, 0.29) is 59.0 Å². The van der Waals surface area contributed by atoms with Crippen molar-refractivity contribution in [1.82, 2.24) is 79.6 Å². The van der Waals surface area contributed by atoms with Crippen LogP contribution in [0.5, 0.6) is 0 Å². The summed E-state index contributed by atoms with van der Waals surface area (Å²) < 4.78 is 21.8. The number of amides is 7. The Bertz CT molecular complexity index is 6940. The highest BCUT2D eigenvalue weighted by molar-refractivity contribution is 7.22. The summed E-state index contributed by atoms with van der Waals surface area (Å²) in [6.07, 6.45) is 33.7. The molecule has 14 heterocycles. The lowest BCUT2D eigenvalue weighted by atomic mass is 9.90. The molecule has 8 fully saturated rings. The number of fused-ring (bicyclic) bond motifs is 5. The largest absolute Gasteiger partial charge is 0.381 e. The first-order chi connectivity index (χ1) is 70.3. The number of urea groups is 1. The number of Topliss-reactive ketones (excluding diaryl/α,β-unsaturated/α-hetero) is 3. The average molecular weight is 2060 g/mol. The highest BCUT2D eigenvalue weighted by Crippen LogP contribution is 2.43. The quantitative estimate of drug-likeness (QED) is 0.0371. The standard InChI is InChI=1S/C23H27N3O2S.C22H32N4O3S.2C22H25N3O2S.C21H24N6O2S/c1-15-19-14-21(29-23(19)26(24-15)18-7-5-4-6-8-18)20(27)13-16-9-11-17(12-10-16)22(28)25(2)3;1-15-19-14-20(30-22(19)26(24-15)18-6-10-28-11-7-18)21(27)23-16-2-4-17(5-3-16)25-8-12-29-13-9-25;1-14-18-13-20(28-22(18)25(24-14)17-6-4-3-5-7-17)19(26)12-15-8-10-16(11-9-15)21(27)23-2;1-14-19-13-21(28-22(19)25(24-14)18-6-4-3-5-7-18)20(27)12-16-8-10-17(11-9-16)23-15(2)26;1-13-16-11-17(30-20(16)27(25-13)15-5-3-2-4-6-15)19(28)24-14-7-8-18(23-12-14)26-10-9-22-21(26)29/h9-12,14,18H,4-8,13H2,1-3H3;14,16-18H,2-13H2,1H3,(H,23,27);8-11,13,17H,3-7,12H2,1-2H3,(H,23,27);8-11,13,18H,3-7,12H2,1-2H3,(H,23,26);7-8,11-12,15H,2-6,9-10H2,1H3,(H,22,29)(H,24,28). The molecule has 14 aromatic rings. The van der Waals surface area contributed by atoms with E-state index in [4.69, 9.17) is 35.0 Å². The van der Waals surface area contributed by atoms with Crippen LogP contribution in [0, 0.1) is 34.6 Å². The van der Waals surface area contributed by atoms with Crippen molar-refractivity contribution in [1.29, 1.82) is 0 Å².